The predicted molar refractivity (Wildman–Crippen MR) is 82.6 cm³/mol. The second-order valence-electron chi connectivity index (χ2n) is 6.87. The summed E-state index contributed by atoms with van der Waals surface area (Å²) in [5, 5.41) is 3.93. The molecule has 2 aliphatic heterocycles. The van der Waals surface area contributed by atoms with Gasteiger partial charge in [0.25, 0.3) is 0 Å². The van der Waals surface area contributed by atoms with Crippen molar-refractivity contribution < 1.29 is 0 Å². The van der Waals surface area contributed by atoms with Crippen LogP contribution in [0, 0.1) is 5.92 Å². The lowest BCUT2D eigenvalue weighted by Gasteiger charge is -2.38. The predicted octanol–water partition coefficient (Wildman–Crippen LogP) is 2.18. The summed E-state index contributed by atoms with van der Waals surface area (Å²) in [5.74, 6) is 0.806. The van der Waals surface area contributed by atoms with Gasteiger partial charge >= 0.3 is 0 Å². The minimum absolute atomic E-state index is 0.746. The van der Waals surface area contributed by atoms with Crippen molar-refractivity contribution in [2.75, 3.05) is 39.3 Å². The summed E-state index contributed by atoms with van der Waals surface area (Å²) in [7, 11) is 0. The van der Waals surface area contributed by atoms with E-state index in [2.05, 4.69) is 35.9 Å². The van der Waals surface area contributed by atoms with Gasteiger partial charge in [-0.1, -0.05) is 20.8 Å². The van der Waals surface area contributed by atoms with E-state index in [4.69, 9.17) is 0 Å². The lowest BCUT2D eigenvalue weighted by atomic mass is 9.99. The van der Waals surface area contributed by atoms with Crippen LogP contribution < -0.4 is 5.32 Å². The number of likely N-dealkylation sites (N-methyl/N-ethyl adjacent to an activating group) is 1. The molecule has 3 heteroatoms. The quantitative estimate of drug-likeness (QED) is 0.824. The molecule has 2 aliphatic rings. The summed E-state index contributed by atoms with van der Waals surface area (Å²) in [6.07, 6.45) is 5.44. The second kappa shape index (κ2) is 7.61. The molecule has 1 unspecified atom stereocenters. The van der Waals surface area contributed by atoms with Gasteiger partial charge in [-0.05, 0) is 57.8 Å². The van der Waals surface area contributed by atoms with Crippen LogP contribution in [0.1, 0.15) is 46.5 Å². The zero-order valence-electron chi connectivity index (χ0n) is 13.2. The standard InChI is InChI=1S/C16H33N3/c1-4-18-9-5-6-16(13-18)17-15-7-10-19(11-8-15)12-14(2)3/h14-17H,4-13H2,1-3H3. The van der Waals surface area contributed by atoms with E-state index in [1.165, 1.54) is 65.0 Å². The van der Waals surface area contributed by atoms with E-state index in [1.54, 1.807) is 0 Å². The third kappa shape index (κ3) is 5.05. The van der Waals surface area contributed by atoms with Crippen molar-refractivity contribution in [3.8, 4) is 0 Å². The molecule has 112 valence electrons. The molecule has 0 aromatic heterocycles. The van der Waals surface area contributed by atoms with Gasteiger partial charge in [0.2, 0.25) is 0 Å². The smallest absolute Gasteiger partial charge is 0.0198 e. The summed E-state index contributed by atoms with van der Waals surface area (Å²) in [4.78, 5) is 5.23. The molecule has 0 spiro atoms. The molecule has 2 heterocycles. The molecule has 0 aromatic rings. The first kappa shape index (κ1) is 15.3. The van der Waals surface area contributed by atoms with E-state index in [-0.39, 0.29) is 0 Å². The van der Waals surface area contributed by atoms with Gasteiger partial charge in [0.15, 0.2) is 0 Å². The Balaban J connectivity index is 1.67. The van der Waals surface area contributed by atoms with Gasteiger partial charge in [0, 0.05) is 25.2 Å². The summed E-state index contributed by atoms with van der Waals surface area (Å²) in [6.45, 7) is 14.6. The zero-order chi connectivity index (χ0) is 13.7. The van der Waals surface area contributed by atoms with Gasteiger partial charge in [-0.25, -0.2) is 0 Å². The largest absolute Gasteiger partial charge is 0.310 e. The average Bonchev–Trinajstić information content (AvgIpc) is 2.41. The number of hydrogen-bond donors (Lipinski definition) is 1. The Morgan fingerprint density at radius 2 is 1.74 bits per heavy atom. The van der Waals surface area contributed by atoms with Crippen LogP contribution in [-0.4, -0.2) is 61.2 Å². The highest BCUT2D eigenvalue weighted by atomic mass is 15.2. The Morgan fingerprint density at radius 3 is 2.37 bits per heavy atom. The van der Waals surface area contributed by atoms with Crippen LogP contribution in [0.5, 0.6) is 0 Å². The van der Waals surface area contributed by atoms with Gasteiger partial charge < -0.3 is 15.1 Å². The van der Waals surface area contributed by atoms with Crippen molar-refractivity contribution in [2.45, 2.75) is 58.5 Å². The lowest BCUT2D eigenvalue weighted by Crippen LogP contribution is -2.52. The highest BCUT2D eigenvalue weighted by Crippen LogP contribution is 2.16. The van der Waals surface area contributed by atoms with Crippen molar-refractivity contribution in [1.29, 1.82) is 0 Å². The maximum Gasteiger partial charge on any atom is 0.0198 e. The van der Waals surface area contributed by atoms with Crippen molar-refractivity contribution in [3.05, 3.63) is 0 Å². The maximum atomic E-state index is 3.93. The van der Waals surface area contributed by atoms with Crippen LogP contribution in [0.2, 0.25) is 0 Å². The Morgan fingerprint density at radius 1 is 1.00 bits per heavy atom. The number of hydrogen-bond acceptors (Lipinski definition) is 3. The minimum Gasteiger partial charge on any atom is -0.310 e. The maximum absolute atomic E-state index is 3.93. The second-order valence-corrected chi connectivity index (χ2v) is 6.87. The average molecular weight is 267 g/mol. The van der Waals surface area contributed by atoms with Gasteiger partial charge in [0.1, 0.15) is 0 Å². The zero-order valence-corrected chi connectivity index (χ0v) is 13.2. The number of likely N-dealkylation sites (tertiary alicyclic amines) is 2. The van der Waals surface area contributed by atoms with Crippen LogP contribution in [-0.2, 0) is 0 Å². The van der Waals surface area contributed by atoms with Gasteiger partial charge in [-0.2, -0.15) is 0 Å². The first-order valence-electron chi connectivity index (χ1n) is 8.38. The molecule has 0 bridgehead atoms. The van der Waals surface area contributed by atoms with E-state index in [0.717, 1.165) is 18.0 Å². The Hall–Kier alpha value is -0.120. The third-order valence-electron chi connectivity index (χ3n) is 4.64. The first-order chi connectivity index (χ1) is 9.17. The summed E-state index contributed by atoms with van der Waals surface area (Å²) in [5.41, 5.74) is 0. The molecule has 3 nitrogen and oxygen atoms in total. The van der Waals surface area contributed by atoms with E-state index in [9.17, 15) is 0 Å². The fraction of sp³-hybridized carbons (Fsp3) is 1.00. The number of rotatable bonds is 5. The molecule has 0 radical (unpaired) electrons. The lowest BCUT2D eigenvalue weighted by molar-refractivity contribution is 0.149. The molecular weight excluding hydrogens is 234 g/mol. The van der Waals surface area contributed by atoms with Crippen molar-refractivity contribution in [2.24, 2.45) is 5.92 Å². The van der Waals surface area contributed by atoms with Crippen LogP contribution in [0.4, 0.5) is 0 Å². The highest BCUT2D eigenvalue weighted by molar-refractivity contribution is 4.84. The Bertz CT molecular complexity index is 246. The minimum atomic E-state index is 0.746. The molecule has 0 aliphatic carbocycles. The SMILES string of the molecule is CCN1CCCC(NC2CCN(CC(C)C)CC2)C1. The number of nitrogens with zero attached hydrogens (tertiary/aromatic N) is 2. The fourth-order valence-corrected chi connectivity index (χ4v) is 3.61. The topological polar surface area (TPSA) is 18.5 Å². The summed E-state index contributed by atoms with van der Waals surface area (Å²) in [6, 6.07) is 1.51. The van der Waals surface area contributed by atoms with Gasteiger partial charge in [0.05, 0.1) is 0 Å². The van der Waals surface area contributed by atoms with E-state index >= 15 is 0 Å². The molecule has 1 atom stereocenters. The van der Waals surface area contributed by atoms with Crippen LogP contribution in [0.25, 0.3) is 0 Å². The molecular formula is C16H33N3. The molecule has 0 aromatic carbocycles. The molecule has 2 saturated heterocycles. The third-order valence-corrected chi connectivity index (χ3v) is 4.64. The van der Waals surface area contributed by atoms with E-state index in [1.807, 2.05) is 0 Å². The van der Waals surface area contributed by atoms with E-state index in [0.29, 0.717) is 0 Å². The Labute approximate surface area is 119 Å². The molecule has 0 saturated carbocycles. The molecule has 0 amide bonds. The Kier molecular flexibility index (Phi) is 6.11. The highest BCUT2D eigenvalue weighted by Gasteiger charge is 2.24. The fourth-order valence-electron chi connectivity index (χ4n) is 3.61. The molecule has 19 heavy (non-hydrogen) atoms. The molecule has 1 N–H and O–H groups in total. The number of nitrogens with one attached hydrogen (secondary N) is 1. The molecule has 2 fully saturated rings. The van der Waals surface area contributed by atoms with Crippen molar-refractivity contribution in [3.63, 3.8) is 0 Å². The summed E-state index contributed by atoms with van der Waals surface area (Å²) < 4.78 is 0. The van der Waals surface area contributed by atoms with Gasteiger partial charge in [-0.15, -0.1) is 0 Å². The summed E-state index contributed by atoms with van der Waals surface area (Å²) >= 11 is 0. The van der Waals surface area contributed by atoms with Crippen LogP contribution >= 0.6 is 0 Å². The van der Waals surface area contributed by atoms with Crippen molar-refractivity contribution in [1.82, 2.24) is 15.1 Å². The normalized spacial score (nSPS) is 28.1. The van der Waals surface area contributed by atoms with Gasteiger partial charge in [-0.3, -0.25) is 0 Å². The van der Waals surface area contributed by atoms with Crippen molar-refractivity contribution >= 4 is 0 Å². The monoisotopic (exact) mass is 267 g/mol. The number of piperidine rings is 2. The van der Waals surface area contributed by atoms with Crippen LogP contribution in [0.3, 0.4) is 0 Å². The van der Waals surface area contributed by atoms with Crippen LogP contribution in [0.15, 0.2) is 0 Å². The first-order valence-corrected chi connectivity index (χ1v) is 8.38. The van der Waals surface area contributed by atoms with E-state index < -0.39 is 0 Å². The molecule has 2 rings (SSSR count).